The number of hydrogen-bond donors (Lipinski definition) is 1. The standard InChI is InChI=1S/C14H14BrNO/c15-9-12-8-13(6-7-14(12)16)17-10-11-4-2-1-3-5-11/h1-8H,9-10,16H2. The van der Waals surface area contributed by atoms with Crippen LogP contribution in [0, 0.1) is 0 Å². The predicted octanol–water partition coefficient (Wildman–Crippen LogP) is 3.74. The second kappa shape index (κ2) is 5.73. The molecule has 0 aromatic heterocycles. The smallest absolute Gasteiger partial charge is 0.120 e. The molecular weight excluding hydrogens is 278 g/mol. The van der Waals surface area contributed by atoms with Crippen LogP contribution in [0.15, 0.2) is 48.5 Å². The molecule has 0 saturated heterocycles. The van der Waals surface area contributed by atoms with Gasteiger partial charge in [0, 0.05) is 11.0 Å². The first kappa shape index (κ1) is 12.0. The molecule has 0 aliphatic carbocycles. The third-order valence-corrected chi connectivity index (χ3v) is 3.11. The van der Waals surface area contributed by atoms with E-state index in [0.717, 1.165) is 27.9 Å². The Morgan fingerprint density at radius 1 is 1.06 bits per heavy atom. The number of anilines is 1. The number of halogens is 1. The van der Waals surface area contributed by atoms with Crippen molar-refractivity contribution < 1.29 is 4.74 Å². The number of rotatable bonds is 4. The normalized spacial score (nSPS) is 10.2. The van der Waals surface area contributed by atoms with Crippen molar-refractivity contribution in [2.75, 3.05) is 5.73 Å². The Kier molecular flexibility index (Phi) is 4.04. The van der Waals surface area contributed by atoms with Crippen molar-refractivity contribution in [1.82, 2.24) is 0 Å². The molecule has 88 valence electrons. The quantitative estimate of drug-likeness (QED) is 0.688. The number of nitrogens with two attached hydrogens (primary N) is 1. The largest absolute Gasteiger partial charge is 0.489 e. The summed E-state index contributed by atoms with van der Waals surface area (Å²) in [6.45, 7) is 0.576. The van der Waals surface area contributed by atoms with Crippen molar-refractivity contribution in [1.29, 1.82) is 0 Å². The number of alkyl halides is 1. The molecule has 2 aromatic carbocycles. The maximum Gasteiger partial charge on any atom is 0.120 e. The Balaban J connectivity index is 2.04. The molecule has 0 aliphatic rings. The van der Waals surface area contributed by atoms with Gasteiger partial charge in [-0.25, -0.2) is 0 Å². The van der Waals surface area contributed by atoms with E-state index in [1.54, 1.807) is 0 Å². The molecule has 2 N–H and O–H groups in total. The van der Waals surface area contributed by atoms with E-state index in [9.17, 15) is 0 Å². The lowest BCUT2D eigenvalue weighted by Gasteiger charge is -2.09. The summed E-state index contributed by atoms with van der Waals surface area (Å²) in [5, 5.41) is 0.737. The summed E-state index contributed by atoms with van der Waals surface area (Å²) in [5.41, 5.74) is 8.82. The summed E-state index contributed by atoms with van der Waals surface area (Å²) < 4.78 is 5.71. The van der Waals surface area contributed by atoms with Crippen LogP contribution in [0.2, 0.25) is 0 Å². The van der Waals surface area contributed by atoms with Gasteiger partial charge in [0.2, 0.25) is 0 Å². The molecule has 0 aliphatic heterocycles. The highest BCUT2D eigenvalue weighted by Gasteiger charge is 2.01. The van der Waals surface area contributed by atoms with Crippen LogP contribution in [0.25, 0.3) is 0 Å². The van der Waals surface area contributed by atoms with Gasteiger partial charge in [0.05, 0.1) is 0 Å². The van der Waals surface area contributed by atoms with E-state index in [-0.39, 0.29) is 0 Å². The highest BCUT2D eigenvalue weighted by Crippen LogP contribution is 2.22. The average molecular weight is 292 g/mol. The highest BCUT2D eigenvalue weighted by molar-refractivity contribution is 9.08. The van der Waals surface area contributed by atoms with Crippen LogP contribution in [-0.4, -0.2) is 0 Å². The van der Waals surface area contributed by atoms with Crippen LogP contribution in [0.4, 0.5) is 5.69 Å². The van der Waals surface area contributed by atoms with E-state index >= 15 is 0 Å². The van der Waals surface area contributed by atoms with Gasteiger partial charge in [-0.15, -0.1) is 0 Å². The third-order valence-electron chi connectivity index (χ3n) is 2.51. The van der Waals surface area contributed by atoms with Gasteiger partial charge in [-0.05, 0) is 29.3 Å². The Morgan fingerprint density at radius 2 is 1.82 bits per heavy atom. The zero-order valence-corrected chi connectivity index (χ0v) is 11.0. The number of hydrogen-bond acceptors (Lipinski definition) is 2. The van der Waals surface area contributed by atoms with Gasteiger partial charge in [0.15, 0.2) is 0 Å². The summed E-state index contributed by atoms with van der Waals surface area (Å²) in [7, 11) is 0. The number of benzene rings is 2. The molecule has 0 saturated carbocycles. The molecule has 0 heterocycles. The second-order valence-electron chi connectivity index (χ2n) is 3.77. The van der Waals surface area contributed by atoms with Crippen LogP contribution in [0.5, 0.6) is 5.75 Å². The van der Waals surface area contributed by atoms with E-state index < -0.39 is 0 Å². The monoisotopic (exact) mass is 291 g/mol. The first-order chi connectivity index (χ1) is 8.29. The molecule has 3 heteroatoms. The Hall–Kier alpha value is -1.48. The lowest BCUT2D eigenvalue weighted by atomic mass is 10.2. The fraction of sp³-hybridized carbons (Fsp3) is 0.143. The number of ether oxygens (including phenoxy) is 1. The van der Waals surface area contributed by atoms with Gasteiger partial charge in [-0.3, -0.25) is 0 Å². The second-order valence-corrected chi connectivity index (χ2v) is 4.33. The topological polar surface area (TPSA) is 35.2 Å². The van der Waals surface area contributed by atoms with Crippen molar-refractivity contribution in [3.63, 3.8) is 0 Å². The van der Waals surface area contributed by atoms with Gasteiger partial charge in [0.25, 0.3) is 0 Å². The van der Waals surface area contributed by atoms with E-state index in [1.165, 1.54) is 0 Å². The molecule has 0 atom stereocenters. The van der Waals surface area contributed by atoms with E-state index in [0.29, 0.717) is 6.61 Å². The Labute approximate surface area is 110 Å². The summed E-state index contributed by atoms with van der Waals surface area (Å²) in [6.07, 6.45) is 0. The zero-order chi connectivity index (χ0) is 12.1. The average Bonchev–Trinajstić information content (AvgIpc) is 2.39. The minimum Gasteiger partial charge on any atom is -0.489 e. The molecule has 2 aromatic rings. The predicted molar refractivity (Wildman–Crippen MR) is 74.3 cm³/mol. The molecule has 0 bridgehead atoms. The molecule has 0 spiro atoms. The minimum atomic E-state index is 0.576. The molecule has 2 rings (SSSR count). The number of nitrogen functional groups attached to an aromatic ring is 1. The fourth-order valence-corrected chi connectivity index (χ4v) is 2.01. The zero-order valence-electron chi connectivity index (χ0n) is 9.40. The first-order valence-corrected chi connectivity index (χ1v) is 6.53. The van der Waals surface area contributed by atoms with E-state index in [1.807, 2.05) is 48.5 Å². The molecule has 0 amide bonds. The molecular formula is C14H14BrNO. The highest BCUT2D eigenvalue weighted by atomic mass is 79.9. The SMILES string of the molecule is Nc1ccc(OCc2ccccc2)cc1CBr. The van der Waals surface area contributed by atoms with Crippen LogP contribution in [0.3, 0.4) is 0 Å². The third kappa shape index (κ3) is 3.24. The van der Waals surface area contributed by atoms with Crippen molar-refractivity contribution >= 4 is 21.6 Å². The van der Waals surface area contributed by atoms with E-state index in [2.05, 4.69) is 15.9 Å². The van der Waals surface area contributed by atoms with Gasteiger partial charge in [0.1, 0.15) is 12.4 Å². The van der Waals surface area contributed by atoms with Crippen LogP contribution in [-0.2, 0) is 11.9 Å². The molecule has 2 nitrogen and oxygen atoms in total. The van der Waals surface area contributed by atoms with Crippen LogP contribution < -0.4 is 10.5 Å². The van der Waals surface area contributed by atoms with Crippen molar-refractivity contribution in [2.24, 2.45) is 0 Å². The molecule has 17 heavy (non-hydrogen) atoms. The maximum absolute atomic E-state index is 5.82. The van der Waals surface area contributed by atoms with Crippen molar-refractivity contribution in [3.05, 3.63) is 59.7 Å². The van der Waals surface area contributed by atoms with Gasteiger partial charge >= 0.3 is 0 Å². The Morgan fingerprint density at radius 3 is 2.53 bits per heavy atom. The lowest BCUT2D eigenvalue weighted by molar-refractivity contribution is 0.306. The van der Waals surface area contributed by atoms with E-state index in [4.69, 9.17) is 10.5 Å². The summed E-state index contributed by atoms with van der Waals surface area (Å²) >= 11 is 3.40. The van der Waals surface area contributed by atoms with Crippen molar-refractivity contribution in [2.45, 2.75) is 11.9 Å². The molecule has 0 fully saturated rings. The van der Waals surface area contributed by atoms with Crippen molar-refractivity contribution in [3.8, 4) is 5.75 Å². The summed E-state index contributed by atoms with van der Waals surface area (Å²) in [6, 6.07) is 15.8. The van der Waals surface area contributed by atoms with Gasteiger partial charge in [-0.1, -0.05) is 46.3 Å². The molecule has 0 radical (unpaired) electrons. The fourth-order valence-electron chi connectivity index (χ4n) is 1.53. The van der Waals surface area contributed by atoms with Crippen LogP contribution in [0.1, 0.15) is 11.1 Å². The van der Waals surface area contributed by atoms with Crippen LogP contribution >= 0.6 is 15.9 Å². The Bertz CT molecular complexity index is 485. The summed E-state index contributed by atoms with van der Waals surface area (Å²) in [5.74, 6) is 0.845. The maximum atomic E-state index is 5.82. The minimum absolute atomic E-state index is 0.576. The lowest BCUT2D eigenvalue weighted by Crippen LogP contribution is -1.97. The first-order valence-electron chi connectivity index (χ1n) is 5.40. The molecule has 0 unspecified atom stereocenters. The van der Waals surface area contributed by atoms with Gasteiger partial charge < -0.3 is 10.5 Å². The summed E-state index contributed by atoms with van der Waals surface area (Å²) in [4.78, 5) is 0. The van der Waals surface area contributed by atoms with Gasteiger partial charge in [-0.2, -0.15) is 0 Å².